The topological polar surface area (TPSA) is 82.6 Å². The predicted octanol–water partition coefficient (Wildman–Crippen LogP) is 3.47. The monoisotopic (exact) mass is 394 g/mol. The molecule has 1 fully saturated rings. The zero-order chi connectivity index (χ0) is 19.5. The maximum Gasteiger partial charge on any atom is 0.229 e. The molecule has 27 heavy (non-hydrogen) atoms. The van der Waals surface area contributed by atoms with Crippen molar-refractivity contribution in [1.82, 2.24) is 10.6 Å². The fourth-order valence-electron chi connectivity index (χ4n) is 3.53. The number of para-hydroxylation sites is 1. The molecule has 0 radical (unpaired) electrons. The van der Waals surface area contributed by atoms with Crippen molar-refractivity contribution in [2.45, 2.75) is 58.4 Å². The standard InChI is InChI=1S/C20H34N4O2S/c1-3-21-20(22-15-9-8-12-17-10-4-5-11-17)23-16-18-13-6-7-14-19(18)24-27(2,25)26/h6-7,13-14,17,24H,3-5,8-12,15-16H2,1-2H3,(H2,21,22,23). The van der Waals surface area contributed by atoms with Crippen molar-refractivity contribution in [3.63, 3.8) is 0 Å². The van der Waals surface area contributed by atoms with Gasteiger partial charge in [-0.3, -0.25) is 4.72 Å². The molecule has 3 N–H and O–H groups in total. The molecule has 0 bridgehead atoms. The third-order valence-electron chi connectivity index (χ3n) is 4.87. The zero-order valence-electron chi connectivity index (χ0n) is 16.6. The molecule has 1 aliphatic rings. The van der Waals surface area contributed by atoms with Crippen LogP contribution in [0.2, 0.25) is 0 Å². The predicted molar refractivity (Wildman–Crippen MR) is 114 cm³/mol. The molecule has 1 aromatic carbocycles. The quantitative estimate of drug-likeness (QED) is 0.322. The van der Waals surface area contributed by atoms with Gasteiger partial charge < -0.3 is 10.6 Å². The van der Waals surface area contributed by atoms with Crippen molar-refractivity contribution < 1.29 is 8.42 Å². The Kier molecular flexibility index (Phi) is 8.91. The molecule has 6 nitrogen and oxygen atoms in total. The van der Waals surface area contributed by atoms with E-state index in [0.717, 1.165) is 43.2 Å². The molecule has 0 aromatic heterocycles. The Morgan fingerprint density at radius 3 is 2.59 bits per heavy atom. The molecule has 0 amide bonds. The van der Waals surface area contributed by atoms with Gasteiger partial charge >= 0.3 is 0 Å². The Morgan fingerprint density at radius 1 is 1.15 bits per heavy atom. The van der Waals surface area contributed by atoms with Crippen LogP contribution in [0.3, 0.4) is 0 Å². The van der Waals surface area contributed by atoms with Crippen LogP contribution in [0.5, 0.6) is 0 Å². The van der Waals surface area contributed by atoms with Gasteiger partial charge in [-0.25, -0.2) is 13.4 Å². The Morgan fingerprint density at radius 2 is 1.89 bits per heavy atom. The Labute approximate surface area is 164 Å². The van der Waals surface area contributed by atoms with Crippen LogP contribution < -0.4 is 15.4 Å². The second kappa shape index (κ2) is 11.2. The van der Waals surface area contributed by atoms with Gasteiger partial charge in [0.05, 0.1) is 18.5 Å². The lowest BCUT2D eigenvalue weighted by Crippen LogP contribution is -2.37. The van der Waals surface area contributed by atoms with Gasteiger partial charge in [-0.15, -0.1) is 0 Å². The summed E-state index contributed by atoms with van der Waals surface area (Å²) >= 11 is 0. The minimum atomic E-state index is -3.31. The Balaban J connectivity index is 1.83. The summed E-state index contributed by atoms with van der Waals surface area (Å²) in [6.07, 6.45) is 10.6. The minimum Gasteiger partial charge on any atom is -0.357 e. The van der Waals surface area contributed by atoms with E-state index in [1.807, 2.05) is 25.1 Å². The third-order valence-corrected chi connectivity index (χ3v) is 5.46. The van der Waals surface area contributed by atoms with E-state index in [4.69, 9.17) is 0 Å². The molecule has 0 unspecified atom stereocenters. The maximum atomic E-state index is 11.5. The number of guanidine groups is 1. The van der Waals surface area contributed by atoms with Crippen molar-refractivity contribution in [3.05, 3.63) is 29.8 Å². The Hall–Kier alpha value is -1.76. The summed E-state index contributed by atoms with van der Waals surface area (Å²) in [6.45, 7) is 4.14. The number of benzene rings is 1. The number of sulfonamides is 1. The van der Waals surface area contributed by atoms with Gasteiger partial charge in [-0.1, -0.05) is 56.7 Å². The normalized spacial score (nSPS) is 15.7. The number of anilines is 1. The molecule has 1 aromatic rings. The molecule has 0 saturated heterocycles. The molecular weight excluding hydrogens is 360 g/mol. The van der Waals surface area contributed by atoms with E-state index in [0.29, 0.717) is 12.2 Å². The highest BCUT2D eigenvalue weighted by Crippen LogP contribution is 2.28. The molecule has 0 atom stereocenters. The van der Waals surface area contributed by atoms with E-state index in [2.05, 4.69) is 20.3 Å². The number of nitrogens with one attached hydrogen (secondary N) is 3. The van der Waals surface area contributed by atoms with Gasteiger partial charge in [0.15, 0.2) is 5.96 Å². The fourth-order valence-corrected chi connectivity index (χ4v) is 4.13. The van der Waals surface area contributed by atoms with Gasteiger partial charge in [-0.05, 0) is 30.9 Å². The number of hydrogen-bond donors (Lipinski definition) is 3. The van der Waals surface area contributed by atoms with E-state index >= 15 is 0 Å². The third kappa shape index (κ3) is 8.65. The summed E-state index contributed by atoms with van der Waals surface area (Å²) in [4.78, 5) is 4.61. The first-order chi connectivity index (χ1) is 13.0. The molecule has 1 aliphatic carbocycles. The summed E-state index contributed by atoms with van der Waals surface area (Å²) in [5.74, 6) is 1.72. The second-order valence-electron chi connectivity index (χ2n) is 7.30. The van der Waals surface area contributed by atoms with E-state index in [1.54, 1.807) is 6.07 Å². The van der Waals surface area contributed by atoms with Crippen LogP contribution in [0, 0.1) is 5.92 Å². The average molecular weight is 395 g/mol. The molecule has 2 rings (SSSR count). The fraction of sp³-hybridized carbons (Fsp3) is 0.650. The summed E-state index contributed by atoms with van der Waals surface area (Å²) in [5.41, 5.74) is 1.43. The summed E-state index contributed by atoms with van der Waals surface area (Å²) in [5, 5.41) is 6.64. The van der Waals surface area contributed by atoms with Gasteiger partial charge in [-0.2, -0.15) is 0 Å². The lowest BCUT2D eigenvalue weighted by Gasteiger charge is -2.13. The number of hydrogen-bond acceptors (Lipinski definition) is 3. The van der Waals surface area contributed by atoms with E-state index in [9.17, 15) is 8.42 Å². The number of unbranched alkanes of at least 4 members (excludes halogenated alkanes) is 1. The minimum absolute atomic E-state index is 0.413. The van der Waals surface area contributed by atoms with Crippen LogP contribution in [-0.2, 0) is 16.6 Å². The van der Waals surface area contributed by atoms with Gasteiger partial charge in [0.2, 0.25) is 10.0 Å². The SMILES string of the molecule is CCNC(=NCc1ccccc1NS(C)(=O)=O)NCCCCC1CCCC1. The van der Waals surface area contributed by atoms with Gasteiger partial charge in [0.25, 0.3) is 0 Å². The van der Waals surface area contributed by atoms with Crippen LogP contribution >= 0.6 is 0 Å². The molecule has 1 saturated carbocycles. The highest BCUT2D eigenvalue weighted by Gasteiger charge is 2.13. The largest absolute Gasteiger partial charge is 0.357 e. The second-order valence-corrected chi connectivity index (χ2v) is 9.05. The van der Waals surface area contributed by atoms with Crippen molar-refractivity contribution >= 4 is 21.7 Å². The smallest absolute Gasteiger partial charge is 0.229 e. The summed E-state index contributed by atoms with van der Waals surface area (Å²) < 4.78 is 25.6. The summed E-state index contributed by atoms with van der Waals surface area (Å²) in [7, 11) is -3.31. The summed E-state index contributed by atoms with van der Waals surface area (Å²) in [6, 6.07) is 7.35. The van der Waals surface area contributed by atoms with Crippen LogP contribution in [0.25, 0.3) is 0 Å². The highest BCUT2D eigenvalue weighted by molar-refractivity contribution is 7.92. The maximum absolute atomic E-state index is 11.5. The first kappa shape index (κ1) is 21.5. The number of aliphatic imine (C=N–C) groups is 1. The van der Waals surface area contributed by atoms with Crippen LogP contribution in [0.4, 0.5) is 5.69 Å². The highest BCUT2D eigenvalue weighted by atomic mass is 32.2. The van der Waals surface area contributed by atoms with E-state index < -0.39 is 10.0 Å². The lowest BCUT2D eigenvalue weighted by atomic mass is 10.0. The average Bonchev–Trinajstić information content (AvgIpc) is 3.12. The molecular formula is C20H34N4O2S. The van der Waals surface area contributed by atoms with Crippen molar-refractivity contribution in [2.24, 2.45) is 10.9 Å². The molecule has 0 aliphatic heterocycles. The van der Waals surface area contributed by atoms with E-state index in [1.165, 1.54) is 38.5 Å². The van der Waals surface area contributed by atoms with Crippen LogP contribution in [0.1, 0.15) is 57.4 Å². The number of rotatable bonds is 10. The van der Waals surface area contributed by atoms with Gasteiger partial charge in [0.1, 0.15) is 0 Å². The Bertz CT molecular complexity index is 698. The zero-order valence-corrected chi connectivity index (χ0v) is 17.4. The molecule has 152 valence electrons. The molecule has 0 spiro atoms. The van der Waals surface area contributed by atoms with E-state index in [-0.39, 0.29) is 0 Å². The first-order valence-corrected chi connectivity index (χ1v) is 11.9. The van der Waals surface area contributed by atoms with Crippen molar-refractivity contribution in [3.8, 4) is 0 Å². The number of nitrogens with zero attached hydrogens (tertiary/aromatic N) is 1. The molecule has 7 heteroatoms. The van der Waals surface area contributed by atoms with Gasteiger partial charge in [0, 0.05) is 13.1 Å². The van der Waals surface area contributed by atoms with Crippen LogP contribution in [-0.4, -0.2) is 33.7 Å². The van der Waals surface area contributed by atoms with Crippen LogP contribution in [0.15, 0.2) is 29.3 Å². The van der Waals surface area contributed by atoms with Crippen molar-refractivity contribution in [1.29, 1.82) is 0 Å². The van der Waals surface area contributed by atoms with Crippen molar-refractivity contribution in [2.75, 3.05) is 24.1 Å². The molecule has 0 heterocycles. The first-order valence-electron chi connectivity index (χ1n) is 10.1. The lowest BCUT2D eigenvalue weighted by molar-refractivity contribution is 0.472.